The summed E-state index contributed by atoms with van der Waals surface area (Å²) in [5, 5.41) is 0. The summed E-state index contributed by atoms with van der Waals surface area (Å²) in [4.78, 5) is 21.5. The molecule has 0 saturated heterocycles. The number of carbonyl (C=O) groups is 1. The molecule has 0 saturated carbocycles. The Morgan fingerprint density at radius 1 is 1.41 bits per heavy atom. The van der Waals surface area contributed by atoms with Gasteiger partial charge >= 0.3 is 0 Å². The van der Waals surface area contributed by atoms with Crippen LogP contribution >= 0.6 is 0 Å². The van der Waals surface area contributed by atoms with E-state index in [0.29, 0.717) is 6.54 Å². The molecule has 1 aromatic carbocycles. The van der Waals surface area contributed by atoms with E-state index in [9.17, 15) is 4.79 Å². The van der Waals surface area contributed by atoms with Crippen LogP contribution in [-0.4, -0.2) is 22.4 Å². The average Bonchev–Trinajstić information content (AvgIpc) is 2.81. The first-order valence-corrected chi connectivity index (χ1v) is 5.85. The van der Waals surface area contributed by atoms with Crippen molar-refractivity contribution in [3.8, 4) is 0 Å². The molecule has 0 atom stereocenters. The Hall–Kier alpha value is -1.84. The van der Waals surface area contributed by atoms with Gasteiger partial charge in [0.1, 0.15) is 0 Å². The first-order valence-electron chi connectivity index (χ1n) is 5.85. The molecule has 0 aliphatic carbocycles. The monoisotopic (exact) mass is 229 g/mol. The van der Waals surface area contributed by atoms with E-state index in [1.54, 1.807) is 6.33 Å². The minimum atomic E-state index is -0.440. The predicted octanol–water partition coefficient (Wildman–Crippen LogP) is 2.21. The number of aromatic amines is 1. The molecular weight excluding hydrogens is 214 g/mol. The molecule has 3 rings (SSSR count). The molecule has 0 bridgehead atoms. The lowest BCUT2D eigenvalue weighted by molar-refractivity contribution is -0.122. The zero-order valence-electron chi connectivity index (χ0n) is 10.2. The number of amides is 1. The minimum absolute atomic E-state index is 0.169. The maximum absolute atomic E-state index is 12.3. The fraction of sp³-hybridized carbons (Fsp3) is 0.385. The van der Waals surface area contributed by atoms with Gasteiger partial charge in [0, 0.05) is 6.54 Å². The Kier molecular flexibility index (Phi) is 1.88. The van der Waals surface area contributed by atoms with E-state index >= 15 is 0 Å². The molecule has 0 fully saturated rings. The van der Waals surface area contributed by atoms with Crippen molar-refractivity contribution >= 4 is 22.6 Å². The lowest BCUT2D eigenvalue weighted by Crippen LogP contribution is -2.35. The number of hydrogen-bond donors (Lipinski definition) is 1. The molecule has 1 aromatic heterocycles. The van der Waals surface area contributed by atoms with E-state index in [1.165, 1.54) is 0 Å². The van der Waals surface area contributed by atoms with Crippen LogP contribution in [0.4, 0.5) is 5.69 Å². The van der Waals surface area contributed by atoms with E-state index < -0.39 is 5.41 Å². The van der Waals surface area contributed by atoms with Gasteiger partial charge in [0.05, 0.1) is 28.5 Å². The summed E-state index contributed by atoms with van der Waals surface area (Å²) in [6.07, 6.45) is 1.69. The zero-order chi connectivity index (χ0) is 12.2. The second-order valence-electron chi connectivity index (χ2n) is 4.96. The summed E-state index contributed by atoms with van der Waals surface area (Å²) >= 11 is 0. The fourth-order valence-corrected chi connectivity index (χ4v) is 2.57. The lowest BCUT2D eigenvalue weighted by Gasteiger charge is -2.18. The van der Waals surface area contributed by atoms with E-state index in [1.807, 2.05) is 37.8 Å². The molecule has 0 unspecified atom stereocenters. The van der Waals surface area contributed by atoms with Crippen LogP contribution in [-0.2, 0) is 10.2 Å². The van der Waals surface area contributed by atoms with E-state index in [0.717, 1.165) is 22.3 Å². The topological polar surface area (TPSA) is 49.0 Å². The third-order valence-electron chi connectivity index (χ3n) is 3.60. The van der Waals surface area contributed by atoms with Gasteiger partial charge in [-0.2, -0.15) is 0 Å². The molecule has 4 nitrogen and oxygen atoms in total. The Morgan fingerprint density at radius 2 is 2.18 bits per heavy atom. The van der Waals surface area contributed by atoms with Crippen molar-refractivity contribution in [2.24, 2.45) is 0 Å². The number of carbonyl (C=O) groups excluding carboxylic acids is 1. The fourth-order valence-electron chi connectivity index (χ4n) is 2.57. The van der Waals surface area contributed by atoms with Crippen LogP contribution < -0.4 is 4.90 Å². The van der Waals surface area contributed by atoms with Gasteiger partial charge in [0.15, 0.2) is 0 Å². The highest BCUT2D eigenvalue weighted by atomic mass is 16.2. The van der Waals surface area contributed by atoms with Gasteiger partial charge in [0.25, 0.3) is 0 Å². The Morgan fingerprint density at radius 3 is 2.88 bits per heavy atom. The number of nitrogens with zero attached hydrogens (tertiary/aromatic N) is 2. The molecule has 88 valence electrons. The smallest absolute Gasteiger partial charge is 0.237 e. The molecule has 2 aromatic rings. The number of imidazole rings is 1. The Balaban J connectivity index is 2.33. The van der Waals surface area contributed by atoms with Gasteiger partial charge in [-0.3, -0.25) is 4.79 Å². The highest BCUT2D eigenvalue weighted by molar-refractivity contribution is 6.09. The molecule has 1 aliphatic heterocycles. The number of aromatic nitrogens is 2. The molecule has 0 spiro atoms. The summed E-state index contributed by atoms with van der Waals surface area (Å²) in [7, 11) is 0. The number of rotatable bonds is 1. The molecule has 4 heteroatoms. The summed E-state index contributed by atoms with van der Waals surface area (Å²) in [5.74, 6) is 0.169. The van der Waals surface area contributed by atoms with Gasteiger partial charge in [-0.05, 0) is 38.5 Å². The Labute approximate surface area is 99.6 Å². The predicted molar refractivity (Wildman–Crippen MR) is 67.1 cm³/mol. The number of fused-ring (bicyclic) bond motifs is 2. The SMILES string of the molecule is CCN1C(=O)C(C)(C)c2cc3[nH]cnc3cc21. The molecule has 0 radical (unpaired) electrons. The molecule has 1 N–H and O–H groups in total. The van der Waals surface area contributed by atoms with Gasteiger partial charge in [-0.1, -0.05) is 0 Å². The largest absolute Gasteiger partial charge is 0.345 e. The third-order valence-corrected chi connectivity index (χ3v) is 3.60. The van der Waals surface area contributed by atoms with E-state index in [2.05, 4.69) is 9.97 Å². The van der Waals surface area contributed by atoms with Crippen molar-refractivity contribution in [3.05, 3.63) is 24.0 Å². The molecule has 17 heavy (non-hydrogen) atoms. The summed E-state index contributed by atoms with van der Waals surface area (Å²) in [6, 6.07) is 4.04. The van der Waals surface area contributed by atoms with Crippen LogP contribution in [0.1, 0.15) is 26.3 Å². The van der Waals surface area contributed by atoms with Crippen molar-refractivity contribution in [2.75, 3.05) is 11.4 Å². The highest BCUT2D eigenvalue weighted by Crippen LogP contribution is 2.42. The van der Waals surface area contributed by atoms with Crippen LogP contribution in [0.3, 0.4) is 0 Å². The first-order chi connectivity index (χ1) is 8.05. The number of anilines is 1. The van der Waals surface area contributed by atoms with Crippen molar-refractivity contribution in [1.82, 2.24) is 9.97 Å². The van der Waals surface area contributed by atoms with Gasteiger partial charge < -0.3 is 9.88 Å². The van der Waals surface area contributed by atoms with Crippen LogP contribution in [0.15, 0.2) is 18.5 Å². The summed E-state index contributed by atoms with van der Waals surface area (Å²) < 4.78 is 0. The van der Waals surface area contributed by atoms with Crippen molar-refractivity contribution in [2.45, 2.75) is 26.2 Å². The second kappa shape index (κ2) is 3.09. The van der Waals surface area contributed by atoms with Gasteiger partial charge in [0.2, 0.25) is 5.91 Å². The molecule has 1 aliphatic rings. The normalized spacial score (nSPS) is 17.8. The maximum Gasteiger partial charge on any atom is 0.237 e. The number of nitrogens with one attached hydrogen (secondary N) is 1. The first kappa shape index (κ1) is 10.3. The number of likely N-dealkylation sites (N-methyl/N-ethyl adjacent to an activating group) is 1. The zero-order valence-corrected chi connectivity index (χ0v) is 10.2. The highest BCUT2D eigenvalue weighted by Gasteiger charge is 2.43. The molecule has 2 heterocycles. The van der Waals surface area contributed by atoms with Crippen molar-refractivity contribution < 1.29 is 4.79 Å². The second-order valence-corrected chi connectivity index (χ2v) is 4.96. The molecular formula is C13H15N3O. The van der Waals surface area contributed by atoms with Gasteiger partial charge in [-0.25, -0.2) is 4.98 Å². The quantitative estimate of drug-likeness (QED) is 0.815. The van der Waals surface area contributed by atoms with Gasteiger partial charge in [-0.15, -0.1) is 0 Å². The third kappa shape index (κ3) is 1.18. The summed E-state index contributed by atoms with van der Waals surface area (Å²) in [5.41, 5.74) is 3.54. The molecule has 1 amide bonds. The average molecular weight is 229 g/mol. The number of benzene rings is 1. The minimum Gasteiger partial charge on any atom is -0.345 e. The van der Waals surface area contributed by atoms with Crippen molar-refractivity contribution in [3.63, 3.8) is 0 Å². The van der Waals surface area contributed by atoms with Crippen molar-refractivity contribution in [1.29, 1.82) is 0 Å². The van der Waals surface area contributed by atoms with Crippen LogP contribution in [0.25, 0.3) is 11.0 Å². The Bertz CT molecular complexity index is 612. The van der Waals surface area contributed by atoms with Crippen LogP contribution in [0.2, 0.25) is 0 Å². The summed E-state index contributed by atoms with van der Waals surface area (Å²) in [6.45, 7) is 6.65. The van der Waals surface area contributed by atoms with Crippen LogP contribution in [0, 0.1) is 0 Å². The maximum atomic E-state index is 12.3. The van der Waals surface area contributed by atoms with E-state index in [4.69, 9.17) is 0 Å². The standard InChI is InChI=1S/C13H15N3O/c1-4-16-11-6-10-9(14-7-15-10)5-8(11)13(2,3)12(16)17/h5-7H,4H2,1-3H3,(H,14,15). The van der Waals surface area contributed by atoms with E-state index in [-0.39, 0.29) is 5.91 Å². The number of H-pyrrole nitrogens is 1. The van der Waals surface area contributed by atoms with Crippen LogP contribution in [0.5, 0.6) is 0 Å². The number of hydrogen-bond acceptors (Lipinski definition) is 2. The lowest BCUT2D eigenvalue weighted by atomic mass is 9.86.